The minimum absolute atomic E-state index is 0.0217. The fraction of sp³-hybridized carbons (Fsp3) is 0.273. The molecule has 0 saturated carbocycles. The number of hydrogen-bond acceptors (Lipinski definition) is 6. The van der Waals surface area contributed by atoms with Crippen molar-refractivity contribution < 1.29 is 14.5 Å². The molecule has 0 fully saturated rings. The monoisotopic (exact) mass is 329 g/mol. The molecule has 1 N–H and O–H groups in total. The van der Waals surface area contributed by atoms with Crippen LogP contribution in [0.25, 0.3) is 0 Å². The Bertz CT molecular complexity index is 531. The topological polar surface area (TPSA) is 93.8 Å². The van der Waals surface area contributed by atoms with E-state index in [1.807, 2.05) is 0 Å². The maximum absolute atomic E-state index is 11.0. The molecular formula is C11H12BrN3O4. The van der Waals surface area contributed by atoms with E-state index in [0.29, 0.717) is 10.2 Å². The molecule has 0 heterocycles. The zero-order valence-electron chi connectivity index (χ0n) is 10.3. The van der Waals surface area contributed by atoms with Gasteiger partial charge in [0.15, 0.2) is 0 Å². The van der Waals surface area contributed by atoms with Crippen LogP contribution in [0.15, 0.2) is 27.8 Å². The van der Waals surface area contributed by atoms with Gasteiger partial charge >= 0.3 is 5.97 Å². The first kappa shape index (κ1) is 15.1. The van der Waals surface area contributed by atoms with Crippen molar-refractivity contribution in [3.05, 3.63) is 32.8 Å². The van der Waals surface area contributed by atoms with Crippen LogP contribution in [0.1, 0.15) is 13.3 Å². The molecule has 0 unspecified atom stereocenters. The van der Waals surface area contributed by atoms with Crippen molar-refractivity contribution in [2.45, 2.75) is 13.3 Å². The summed E-state index contributed by atoms with van der Waals surface area (Å²) in [4.78, 5) is 21.4. The average Bonchev–Trinajstić information content (AvgIpc) is 2.36. The molecule has 102 valence electrons. The first-order valence-electron chi connectivity index (χ1n) is 5.24. The van der Waals surface area contributed by atoms with E-state index in [9.17, 15) is 14.9 Å². The Labute approximate surface area is 117 Å². The van der Waals surface area contributed by atoms with Crippen molar-refractivity contribution in [3.8, 4) is 0 Å². The Morgan fingerprint density at radius 3 is 2.84 bits per heavy atom. The lowest BCUT2D eigenvalue weighted by atomic mass is 10.3. The van der Waals surface area contributed by atoms with Gasteiger partial charge in [0.25, 0.3) is 5.69 Å². The van der Waals surface area contributed by atoms with Crippen molar-refractivity contribution in [3.63, 3.8) is 0 Å². The zero-order chi connectivity index (χ0) is 14.4. The van der Waals surface area contributed by atoms with Gasteiger partial charge in [0.05, 0.1) is 18.5 Å². The number of carbonyl (C=O) groups is 1. The number of nitrogens with zero attached hydrogens (tertiary/aromatic N) is 2. The molecule has 0 bridgehead atoms. The van der Waals surface area contributed by atoms with Crippen molar-refractivity contribution in [1.82, 2.24) is 0 Å². The summed E-state index contributed by atoms with van der Waals surface area (Å²) in [6, 6.07) is 4.55. The highest BCUT2D eigenvalue weighted by Gasteiger charge is 2.13. The maximum Gasteiger partial charge on any atom is 0.311 e. The molecule has 0 amide bonds. The number of hydrazone groups is 1. The number of benzene rings is 1. The molecule has 0 atom stereocenters. The number of nitro groups is 1. The van der Waals surface area contributed by atoms with Gasteiger partial charge < -0.3 is 4.74 Å². The number of anilines is 1. The second-order valence-corrected chi connectivity index (χ2v) is 4.55. The Balaban J connectivity index is 2.85. The number of esters is 1. The van der Waals surface area contributed by atoms with Crippen LogP contribution >= 0.6 is 15.9 Å². The van der Waals surface area contributed by atoms with Crippen molar-refractivity contribution in [2.75, 3.05) is 12.5 Å². The predicted octanol–water partition coefficient (Wildman–Crippen LogP) is 2.71. The van der Waals surface area contributed by atoms with E-state index in [1.54, 1.807) is 13.0 Å². The molecule has 8 heteroatoms. The molecule has 0 saturated heterocycles. The van der Waals surface area contributed by atoms with E-state index in [-0.39, 0.29) is 17.8 Å². The first-order chi connectivity index (χ1) is 8.93. The molecule has 0 spiro atoms. The van der Waals surface area contributed by atoms with Crippen LogP contribution in [0, 0.1) is 10.1 Å². The van der Waals surface area contributed by atoms with E-state index < -0.39 is 10.9 Å². The Hall–Kier alpha value is -1.96. The lowest BCUT2D eigenvalue weighted by molar-refractivity contribution is -0.384. The molecule has 7 nitrogen and oxygen atoms in total. The summed E-state index contributed by atoms with van der Waals surface area (Å²) >= 11 is 3.16. The van der Waals surface area contributed by atoms with Gasteiger partial charge in [0.2, 0.25) is 0 Å². The molecule has 1 aromatic carbocycles. The number of halogens is 1. The quantitative estimate of drug-likeness (QED) is 0.388. The van der Waals surface area contributed by atoms with Gasteiger partial charge in [-0.2, -0.15) is 5.10 Å². The maximum atomic E-state index is 11.0. The summed E-state index contributed by atoms with van der Waals surface area (Å²) in [7, 11) is 1.28. The van der Waals surface area contributed by atoms with Crippen LogP contribution in [-0.4, -0.2) is 23.7 Å². The predicted molar refractivity (Wildman–Crippen MR) is 74.2 cm³/mol. The number of carbonyl (C=O) groups excluding carboxylic acids is 1. The first-order valence-corrected chi connectivity index (χ1v) is 6.03. The van der Waals surface area contributed by atoms with Crippen LogP contribution in [0.5, 0.6) is 0 Å². The zero-order valence-corrected chi connectivity index (χ0v) is 11.9. The highest BCUT2D eigenvalue weighted by atomic mass is 79.9. The summed E-state index contributed by atoms with van der Waals surface area (Å²) in [5.41, 5.74) is 3.17. The molecule has 0 aliphatic rings. The van der Waals surface area contributed by atoms with Gasteiger partial charge in [-0.25, -0.2) is 0 Å². The summed E-state index contributed by atoms with van der Waals surface area (Å²) in [6.07, 6.45) is 0.0217. The number of methoxy groups -OCH3 is 1. The summed E-state index contributed by atoms with van der Waals surface area (Å²) in [5, 5.41) is 14.8. The lowest BCUT2D eigenvalue weighted by Gasteiger charge is -2.04. The average molecular weight is 330 g/mol. The Kier molecular flexibility index (Phi) is 5.43. The number of rotatable bonds is 5. The molecule has 0 radical (unpaired) electrons. The van der Waals surface area contributed by atoms with Crippen LogP contribution in [-0.2, 0) is 9.53 Å². The second kappa shape index (κ2) is 6.83. The number of hydrogen-bond donors (Lipinski definition) is 1. The minimum Gasteiger partial charge on any atom is -0.469 e. The third kappa shape index (κ3) is 4.66. The number of nitrogens with one attached hydrogen (secondary N) is 1. The van der Waals surface area contributed by atoms with Gasteiger partial charge in [-0.1, -0.05) is 15.9 Å². The smallest absolute Gasteiger partial charge is 0.311 e. The van der Waals surface area contributed by atoms with Crippen LogP contribution < -0.4 is 5.43 Å². The highest BCUT2D eigenvalue weighted by Crippen LogP contribution is 2.27. The molecule has 1 aromatic rings. The van der Waals surface area contributed by atoms with Gasteiger partial charge in [-0.15, -0.1) is 0 Å². The normalized spacial score (nSPS) is 11.0. The van der Waals surface area contributed by atoms with Crippen molar-refractivity contribution in [2.24, 2.45) is 5.10 Å². The van der Waals surface area contributed by atoms with Crippen molar-refractivity contribution >= 4 is 39.0 Å². The number of ether oxygens (including phenoxy) is 1. The third-order valence-electron chi connectivity index (χ3n) is 2.15. The summed E-state index contributed by atoms with van der Waals surface area (Å²) in [5.74, 6) is -0.423. The fourth-order valence-electron chi connectivity index (χ4n) is 1.23. The molecule has 19 heavy (non-hydrogen) atoms. The van der Waals surface area contributed by atoms with Crippen molar-refractivity contribution in [1.29, 1.82) is 0 Å². The highest BCUT2D eigenvalue weighted by molar-refractivity contribution is 9.10. The van der Waals surface area contributed by atoms with Gasteiger partial charge in [0, 0.05) is 16.3 Å². The fourth-order valence-corrected chi connectivity index (χ4v) is 1.58. The SMILES string of the molecule is COC(=O)C/C(C)=N\Nc1ccc(Br)cc1[N+](=O)[O-]. The summed E-state index contributed by atoms with van der Waals surface area (Å²) in [6.45, 7) is 1.62. The lowest BCUT2D eigenvalue weighted by Crippen LogP contribution is -2.08. The number of nitro benzene ring substituents is 1. The third-order valence-corrected chi connectivity index (χ3v) is 2.64. The second-order valence-electron chi connectivity index (χ2n) is 3.63. The van der Waals surface area contributed by atoms with Crippen LogP contribution in [0.4, 0.5) is 11.4 Å². The van der Waals surface area contributed by atoms with Gasteiger partial charge in [-0.3, -0.25) is 20.3 Å². The van der Waals surface area contributed by atoms with E-state index in [4.69, 9.17) is 0 Å². The van der Waals surface area contributed by atoms with E-state index >= 15 is 0 Å². The summed E-state index contributed by atoms with van der Waals surface area (Å²) < 4.78 is 5.09. The molecule has 1 rings (SSSR count). The molecule has 0 aliphatic carbocycles. The molecule has 0 aromatic heterocycles. The van der Waals surface area contributed by atoms with E-state index in [1.165, 1.54) is 19.2 Å². The Morgan fingerprint density at radius 2 is 2.26 bits per heavy atom. The molecular weight excluding hydrogens is 318 g/mol. The standard InChI is InChI=1S/C11H12BrN3O4/c1-7(5-11(16)19-2)13-14-9-4-3-8(12)6-10(9)15(17)18/h3-4,6,14H,5H2,1-2H3/b13-7-. The largest absolute Gasteiger partial charge is 0.469 e. The Morgan fingerprint density at radius 1 is 1.58 bits per heavy atom. The van der Waals surface area contributed by atoms with Crippen LogP contribution in [0.3, 0.4) is 0 Å². The van der Waals surface area contributed by atoms with Gasteiger partial charge in [-0.05, 0) is 19.1 Å². The minimum atomic E-state index is -0.516. The van der Waals surface area contributed by atoms with Gasteiger partial charge in [0.1, 0.15) is 5.69 Å². The van der Waals surface area contributed by atoms with Crippen LogP contribution in [0.2, 0.25) is 0 Å². The van der Waals surface area contributed by atoms with E-state index in [0.717, 1.165) is 0 Å². The van der Waals surface area contributed by atoms with E-state index in [2.05, 4.69) is 31.2 Å². The molecule has 0 aliphatic heterocycles.